The zero-order valence-corrected chi connectivity index (χ0v) is 27.0. The van der Waals surface area contributed by atoms with Crippen LogP contribution in [-0.2, 0) is 19.9 Å². The van der Waals surface area contributed by atoms with E-state index in [4.69, 9.17) is 26.7 Å². The van der Waals surface area contributed by atoms with Crippen molar-refractivity contribution in [2.75, 3.05) is 31.6 Å². The first kappa shape index (κ1) is 31.7. The van der Waals surface area contributed by atoms with E-state index < -0.39 is 23.2 Å². The molecule has 0 spiro atoms. The number of aliphatic carboxylic acids is 1. The summed E-state index contributed by atoms with van der Waals surface area (Å²) in [6, 6.07) is 15.0. The topological polar surface area (TPSA) is 132 Å². The minimum Gasteiger partial charge on any atom is -0.479 e. The second-order valence-corrected chi connectivity index (χ2v) is 13.4. The Bertz CT molecular complexity index is 1730. The van der Waals surface area contributed by atoms with Crippen molar-refractivity contribution in [1.29, 1.82) is 5.41 Å². The molecule has 9 nitrogen and oxygen atoms in total. The molecule has 2 unspecified atom stereocenters. The van der Waals surface area contributed by atoms with Gasteiger partial charge >= 0.3 is 5.97 Å². The molecule has 3 aromatic carbocycles. The molecule has 5 rings (SSSR count). The predicted molar refractivity (Wildman–Crippen MR) is 176 cm³/mol. The number of anilines is 1. The van der Waals surface area contributed by atoms with Crippen LogP contribution in [0.5, 0.6) is 0 Å². The maximum absolute atomic E-state index is 12.7. The molecule has 0 radical (unpaired) electrons. The number of piperazine rings is 1. The zero-order chi connectivity index (χ0) is 31.8. The number of benzene rings is 3. The van der Waals surface area contributed by atoms with Crippen molar-refractivity contribution in [2.45, 2.75) is 44.9 Å². The van der Waals surface area contributed by atoms with Gasteiger partial charge < -0.3 is 30.3 Å². The third-order valence-corrected chi connectivity index (χ3v) is 9.21. The van der Waals surface area contributed by atoms with Crippen LogP contribution in [0.3, 0.4) is 0 Å². The molecule has 1 aliphatic heterocycles. The summed E-state index contributed by atoms with van der Waals surface area (Å²) in [5.74, 6) is -1.07. The van der Waals surface area contributed by atoms with E-state index in [0.717, 1.165) is 55.1 Å². The first-order valence-electron chi connectivity index (χ1n) is 14.4. The second-order valence-electron chi connectivity index (χ2n) is 12.0. The number of nitrogens with zero attached hydrogens (tertiary/aromatic N) is 2. The third-order valence-electron chi connectivity index (χ3n) is 7.81. The highest BCUT2D eigenvalue weighted by Crippen LogP contribution is 2.45. The lowest BCUT2D eigenvalue weighted by Gasteiger charge is -2.40. The van der Waals surface area contributed by atoms with Gasteiger partial charge in [0.25, 0.3) is 0 Å². The van der Waals surface area contributed by atoms with E-state index in [1.165, 1.54) is 17.6 Å². The van der Waals surface area contributed by atoms with Crippen LogP contribution < -0.4 is 15.5 Å². The molecule has 5 N–H and O–H groups in total. The lowest BCUT2D eigenvalue weighted by atomic mass is 9.87. The molecule has 44 heavy (non-hydrogen) atoms. The van der Waals surface area contributed by atoms with Crippen LogP contribution >= 0.6 is 22.9 Å². The zero-order valence-electron chi connectivity index (χ0n) is 25.4. The van der Waals surface area contributed by atoms with E-state index in [2.05, 4.69) is 10.2 Å². The number of nitrogens with two attached hydrogens (primary N) is 1. The SMILES string of the molecule is C[NH2+]c1ccc(C2(C=O)CN(c3nc4cc(C)c(C(OC(C)(C)C)C(=O)O)c(-c5ccc(Cl)cc5)c4s3)CCN2)cc1C=N. The van der Waals surface area contributed by atoms with E-state index in [-0.39, 0.29) is 0 Å². The van der Waals surface area contributed by atoms with Gasteiger partial charge in [-0.1, -0.05) is 41.1 Å². The molecule has 0 aliphatic carbocycles. The molecule has 1 aliphatic rings. The number of fused-ring (bicyclic) bond motifs is 1. The van der Waals surface area contributed by atoms with Crippen LogP contribution in [0.2, 0.25) is 5.02 Å². The quantitative estimate of drug-likeness (QED) is 0.113. The summed E-state index contributed by atoms with van der Waals surface area (Å²) in [5.41, 5.74) is 4.39. The molecule has 0 bridgehead atoms. The summed E-state index contributed by atoms with van der Waals surface area (Å²) >= 11 is 7.71. The Morgan fingerprint density at radius 1 is 1.25 bits per heavy atom. The normalized spacial score (nSPS) is 17.9. The van der Waals surface area contributed by atoms with Gasteiger partial charge in [0.1, 0.15) is 17.5 Å². The standard InChI is InChI=1S/C33H36ClN5O4S/c1-19-14-25-29(27(20-6-9-23(34)10-7-20)26(19)28(30(41)42)43-32(2,3)4)44-31(38-25)39-13-12-37-33(17-39,18-40)22-8-11-24(36-5)21(15-22)16-35/h6-11,14-16,18,28,35-37H,12-13,17H2,1-5H3,(H,41,42)/p+1. The van der Waals surface area contributed by atoms with Gasteiger partial charge in [-0.05, 0) is 74.7 Å². The predicted octanol–water partition coefficient (Wildman–Crippen LogP) is 5.19. The molecule has 1 aromatic heterocycles. The summed E-state index contributed by atoms with van der Waals surface area (Å²) in [6.07, 6.45) is 1.04. The molecule has 1 saturated heterocycles. The molecule has 0 saturated carbocycles. The number of thiazole rings is 1. The van der Waals surface area contributed by atoms with E-state index >= 15 is 0 Å². The van der Waals surface area contributed by atoms with Crippen molar-refractivity contribution in [1.82, 2.24) is 10.3 Å². The lowest BCUT2D eigenvalue weighted by molar-refractivity contribution is -0.539. The number of hydrogen-bond acceptors (Lipinski definition) is 8. The van der Waals surface area contributed by atoms with Crippen LogP contribution in [0.15, 0.2) is 48.5 Å². The van der Waals surface area contributed by atoms with Crippen molar-refractivity contribution >= 4 is 62.4 Å². The first-order chi connectivity index (χ1) is 20.9. The van der Waals surface area contributed by atoms with Crippen LogP contribution in [0.1, 0.15) is 49.1 Å². The number of aldehydes is 1. The molecule has 2 heterocycles. The number of quaternary nitrogens is 1. The fourth-order valence-corrected chi connectivity index (χ4v) is 7.03. The van der Waals surface area contributed by atoms with E-state index in [0.29, 0.717) is 30.2 Å². The molecule has 2 atom stereocenters. The number of carboxylic acid groups (broad SMARTS) is 1. The minimum atomic E-state index is -1.20. The molecule has 1 fully saturated rings. The smallest absolute Gasteiger partial charge is 0.337 e. The van der Waals surface area contributed by atoms with Gasteiger partial charge in [0.15, 0.2) is 11.2 Å². The van der Waals surface area contributed by atoms with Gasteiger partial charge in [-0.3, -0.25) is 5.32 Å². The van der Waals surface area contributed by atoms with Gasteiger partial charge in [-0.2, -0.15) is 0 Å². The van der Waals surface area contributed by atoms with Crippen LogP contribution in [0.4, 0.5) is 10.8 Å². The average Bonchev–Trinajstić information content (AvgIpc) is 3.42. The number of ether oxygens (including phenoxy) is 1. The summed E-state index contributed by atoms with van der Waals surface area (Å²) in [7, 11) is 1.92. The number of carbonyl (C=O) groups is 2. The Balaban J connectivity index is 1.65. The highest BCUT2D eigenvalue weighted by atomic mass is 35.5. The summed E-state index contributed by atoms with van der Waals surface area (Å²) in [5, 5.41) is 24.9. The molecule has 0 amide bonds. The van der Waals surface area contributed by atoms with Gasteiger partial charge in [0, 0.05) is 42.0 Å². The third kappa shape index (κ3) is 6.13. The largest absolute Gasteiger partial charge is 0.479 e. The lowest BCUT2D eigenvalue weighted by Crippen LogP contribution is -2.73. The molecule has 11 heteroatoms. The molecular weight excluding hydrogens is 598 g/mol. The highest BCUT2D eigenvalue weighted by molar-refractivity contribution is 7.22. The Morgan fingerprint density at radius 3 is 2.59 bits per heavy atom. The first-order valence-corrected chi connectivity index (χ1v) is 15.6. The van der Waals surface area contributed by atoms with Crippen molar-refractivity contribution in [3.05, 3.63) is 75.8 Å². The number of aromatic nitrogens is 1. The average molecular weight is 635 g/mol. The van der Waals surface area contributed by atoms with E-state index in [1.54, 1.807) is 12.1 Å². The minimum absolute atomic E-state index is 0.343. The number of carbonyl (C=O) groups excluding carboxylic acids is 1. The number of nitrogens with one attached hydrogen (secondary N) is 2. The number of aryl methyl sites for hydroxylation is 1. The Labute approximate surface area is 265 Å². The van der Waals surface area contributed by atoms with Gasteiger partial charge in [0.05, 0.1) is 28.4 Å². The summed E-state index contributed by atoms with van der Waals surface area (Å²) in [4.78, 5) is 32.5. The van der Waals surface area contributed by atoms with E-state index in [9.17, 15) is 14.7 Å². The maximum atomic E-state index is 12.7. The van der Waals surface area contributed by atoms with Crippen LogP contribution in [0, 0.1) is 12.3 Å². The van der Waals surface area contributed by atoms with Crippen molar-refractivity contribution in [2.24, 2.45) is 0 Å². The Hall–Kier alpha value is -3.67. The summed E-state index contributed by atoms with van der Waals surface area (Å²) < 4.78 is 6.96. The highest BCUT2D eigenvalue weighted by Gasteiger charge is 2.39. The van der Waals surface area contributed by atoms with Gasteiger partial charge in [0.2, 0.25) is 0 Å². The number of carboxylic acids is 1. The molecule has 4 aromatic rings. The van der Waals surface area contributed by atoms with Crippen molar-refractivity contribution in [3.63, 3.8) is 0 Å². The van der Waals surface area contributed by atoms with Crippen LogP contribution in [0.25, 0.3) is 21.3 Å². The number of hydrogen-bond donors (Lipinski definition) is 4. The second kappa shape index (κ2) is 12.4. The number of rotatable bonds is 9. The summed E-state index contributed by atoms with van der Waals surface area (Å²) in [6.45, 7) is 8.92. The van der Waals surface area contributed by atoms with Gasteiger partial charge in [-0.25, -0.2) is 9.78 Å². The monoisotopic (exact) mass is 634 g/mol. The van der Waals surface area contributed by atoms with Crippen molar-refractivity contribution < 1.29 is 24.7 Å². The fraction of sp³-hybridized carbons (Fsp3) is 0.333. The molecular formula is C33H37ClN5O4S+. The Kier molecular flexibility index (Phi) is 8.93. The number of halogens is 1. The van der Waals surface area contributed by atoms with Gasteiger partial charge in [-0.15, -0.1) is 0 Å². The fourth-order valence-electron chi connectivity index (χ4n) is 5.76. The molecule has 230 valence electrons. The maximum Gasteiger partial charge on any atom is 0.337 e. The van der Waals surface area contributed by atoms with E-state index in [1.807, 2.05) is 76.5 Å². The van der Waals surface area contributed by atoms with Crippen LogP contribution in [-0.4, -0.2) is 60.8 Å². The van der Waals surface area contributed by atoms with Crippen molar-refractivity contribution in [3.8, 4) is 11.1 Å². The Morgan fingerprint density at radius 2 is 1.98 bits per heavy atom.